The van der Waals surface area contributed by atoms with Crippen molar-refractivity contribution in [1.29, 1.82) is 0 Å². The minimum Gasteiger partial charge on any atom is -0.320 e. The van der Waals surface area contributed by atoms with Gasteiger partial charge in [0.05, 0.1) is 11.9 Å². The topological polar surface area (TPSA) is 48.7 Å². The van der Waals surface area contributed by atoms with Crippen LogP contribution in [0.3, 0.4) is 0 Å². The highest BCUT2D eigenvalue weighted by atomic mass is 35.5. The summed E-state index contributed by atoms with van der Waals surface area (Å²) in [6.07, 6.45) is 6.76. The molecule has 0 fully saturated rings. The maximum atomic E-state index is 11.7. The van der Waals surface area contributed by atoms with Crippen LogP contribution in [0.25, 0.3) is 0 Å². The van der Waals surface area contributed by atoms with Crippen molar-refractivity contribution in [2.24, 2.45) is 0 Å². The van der Waals surface area contributed by atoms with E-state index in [1.54, 1.807) is 0 Å². The second-order valence-electron chi connectivity index (χ2n) is 3.57. The molecule has 1 aromatic rings. The van der Waals surface area contributed by atoms with Crippen molar-refractivity contribution >= 4 is 23.3 Å². The number of hydrogen-bond acceptors (Lipinski definition) is 4. The second-order valence-corrected chi connectivity index (χ2v) is 3.94. The maximum Gasteiger partial charge on any atom is 0.209 e. The Kier molecular flexibility index (Phi) is 1.86. The Hall–Kier alpha value is -1.72. The van der Waals surface area contributed by atoms with Crippen molar-refractivity contribution in [2.45, 2.75) is 0 Å². The van der Waals surface area contributed by atoms with Gasteiger partial charge in [0.25, 0.3) is 0 Å². The summed E-state index contributed by atoms with van der Waals surface area (Å²) in [5, 5.41) is 10.6. The lowest BCUT2D eigenvalue weighted by atomic mass is 10.3. The van der Waals surface area contributed by atoms with Gasteiger partial charge in [-0.05, 0) is 6.08 Å². The summed E-state index contributed by atoms with van der Waals surface area (Å²) in [4.78, 5) is 13.5. The lowest BCUT2D eigenvalue weighted by Crippen LogP contribution is -2.33. The van der Waals surface area contributed by atoms with Crippen molar-refractivity contribution in [3.05, 3.63) is 46.5 Å². The molecule has 0 spiro atoms. The van der Waals surface area contributed by atoms with Crippen LogP contribution in [-0.4, -0.2) is 15.8 Å². The number of halogens is 1. The molecule has 0 saturated heterocycles. The fourth-order valence-corrected chi connectivity index (χ4v) is 2.17. The Balaban J connectivity index is 2.31. The highest BCUT2D eigenvalue weighted by molar-refractivity contribution is 6.17. The van der Waals surface area contributed by atoms with Gasteiger partial charge in [-0.3, -0.25) is 10.0 Å². The summed E-state index contributed by atoms with van der Waals surface area (Å²) in [5.41, 5.74) is 0.705. The third-order valence-electron chi connectivity index (χ3n) is 2.63. The van der Waals surface area contributed by atoms with E-state index in [1.807, 2.05) is 17.1 Å². The summed E-state index contributed by atoms with van der Waals surface area (Å²) in [5.74, 6) is 0.485. The monoisotopic (exact) mass is 237 g/mol. The Labute approximate surface area is 96.1 Å². The largest absolute Gasteiger partial charge is 0.320 e. The molecule has 1 aromatic heterocycles. The van der Waals surface area contributed by atoms with Crippen molar-refractivity contribution < 1.29 is 5.21 Å². The van der Waals surface area contributed by atoms with E-state index >= 15 is 0 Å². The van der Waals surface area contributed by atoms with E-state index in [0.29, 0.717) is 12.4 Å². The standard InChI is InChI=1S/C10H8ClN3O2/c11-13-5-3-8(15)9-10(13)12-4-1-2-7(12)6-14(9)16/h1-3,5-6,16H,4H2. The van der Waals surface area contributed by atoms with Gasteiger partial charge >= 0.3 is 0 Å². The van der Waals surface area contributed by atoms with Crippen molar-refractivity contribution in [2.75, 3.05) is 16.5 Å². The summed E-state index contributed by atoms with van der Waals surface area (Å²) >= 11 is 5.99. The lowest BCUT2D eigenvalue weighted by Gasteiger charge is -2.30. The first-order valence-corrected chi connectivity index (χ1v) is 5.08. The Morgan fingerprint density at radius 1 is 1.44 bits per heavy atom. The van der Waals surface area contributed by atoms with Crippen LogP contribution in [0, 0.1) is 0 Å². The molecular formula is C10H8ClN3O2. The molecule has 0 aromatic carbocycles. The molecule has 2 aliphatic rings. The highest BCUT2D eigenvalue weighted by Gasteiger charge is 2.28. The molecule has 0 radical (unpaired) electrons. The van der Waals surface area contributed by atoms with Gasteiger partial charge in [-0.1, -0.05) is 6.08 Å². The lowest BCUT2D eigenvalue weighted by molar-refractivity contribution is 0.292. The predicted molar refractivity (Wildman–Crippen MR) is 60.8 cm³/mol. The summed E-state index contributed by atoms with van der Waals surface area (Å²) < 4.78 is 1.31. The van der Waals surface area contributed by atoms with Crippen LogP contribution in [0.5, 0.6) is 0 Å². The molecule has 0 atom stereocenters. The van der Waals surface area contributed by atoms with E-state index in [4.69, 9.17) is 11.8 Å². The molecule has 16 heavy (non-hydrogen) atoms. The third kappa shape index (κ3) is 1.12. The van der Waals surface area contributed by atoms with Crippen LogP contribution in [0.15, 0.2) is 41.1 Å². The van der Waals surface area contributed by atoms with Gasteiger partial charge in [-0.15, -0.1) is 0 Å². The Morgan fingerprint density at radius 2 is 2.25 bits per heavy atom. The number of hydroxylamine groups is 1. The SMILES string of the molecule is O=c1ccn(Cl)c2c1N(O)C=C1C=CCN12. The summed E-state index contributed by atoms with van der Waals surface area (Å²) in [7, 11) is 0. The normalized spacial score (nSPS) is 17.2. The molecule has 5 nitrogen and oxygen atoms in total. The fourth-order valence-electron chi connectivity index (χ4n) is 1.94. The molecule has 0 bridgehead atoms. The average molecular weight is 238 g/mol. The Bertz CT molecular complexity index is 576. The van der Waals surface area contributed by atoms with E-state index in [-0.39, 0.29) is 11.1 Å². The van der Waals surface area contributed by atoms with Crippen LogP contribution >= 0.6 is 11.8 Å². The molecule has 82 valence electrons. The number of fused-ring (bicyclic) bond motifs is 3. The molecule has 0 aliphatic carbocycles. The molecule has 0 saturated carbocycles. The first-order valence-electron chi connectivity index (χ1n) is 4.74. The van der Waals surface area contributed by atoms with Gasteiger partial charge < -0.3 is 4.90 Å². The van der Waals surface area contributed by atoms with Gasteiger partial charge in [-0.25, -0.2) is 9.15 Å². The van der Waals surface area contributed by atoms with Gasteiger partial charge in [-0.2, -0.15) is 0 Å². The minimum atomic E-state index is -0.267. The van der Waals surface area contributed by atoms with Crippen LogP contribution in [-0.2, 0) is 0 Å². The predicted octanol–water partition coefficient (Wildman–Crippen LogP) is 1.28. The van der Waals surface area contributed by atoms with Crippen LogP contribution in [0.4, 0.5) is 11.5 Å². The van der Waals surface area contributed by atoms with Crippen LogP contribution in [0.2, 0.25) is 0 Å². The van der Waals surface area contributed by atoms with E-state index in [2.05, 4.69) is 0 Å². The summed E-state index contributed by atoms with van der Waals surface area (Å²) in [6.45, 7) is 0.642. The van der Waals surface area contributed by atoms with Crippen molar-refractivity contribution in [3.8, 4) is 0 Å². The zero-order chi connectivity index (χ0) is 11.3. The average Bonchev–Trinajstić information content (AvgIpc) is 2.70. The Morgan fingerprint density at radius 3 is 3.06 bits per heavy atom. The van der Waals surface area contributed by atoms with E-state index in [9.17, 15) is 10.0 Å². The maximum absolute atomic E-state index is 11.7. The number of allylic oxidation sites excluding steroid dienone is 1. The molecule has 0 unspecified atom stereocenters. The van der Waals surface area contributed by atoms with E-state index < -0.39 is 0 Å². The summed E-state index contributed by atoms with van der Waals surface area (Å²) in [6, 6.07) is 1.32. The number of nitrogens with zero attached hydrogens (tertiary/aromatic N) is 3. The molecule has 0 amide bonds. The first kappa shape index (κ1) is 9.50. The number of rotatable bonds is 0. The van der Waals surface area contributed by atoms with Gasteiger partial charge in [0, 0.05) is 30.6 Å². The zero-order valence-corrected chi connectivity index (χ0v) is 8.92. The fraction of sp³-hybridized carbons (Fsp3) is 0.100. The number of hydrogen-bond donors (Lipinski definition) is 1. The minimum absolute atomic E-state index is 0.171. The van der Waals surface area contributed by atoms with Gasteiger partial charge in [0.15, 0.2) is 11.5 Å². The van der Waals surface area contributed by atoms with Crippen LogP contribution in [0.1, 0.15) is 0 Å². The molecule has 1 N–H and O–H groups in total. The first-order chi connectivity index (χ1) is 7.68. The quantitative estimate of drug-likeness (QED) is 0.739. The molecule has 6 heteroatoms. The van der Waals surface area contributed by atoms with E-state index in [1.165, 1.54) is 22.5 Å². The molecule has 2 aliphatic heterocycles. The smallest absolute Gasteiger partial charge is 0.209 e. The molecule has 3 rings (SSSR count). The number of anilines is 2. The second kappa shape index (κ2) is 3.13. The third-order valence-corrected chi connectivity index (χ3v) is 2.90. The van der Waals surface area contributed by atoms with Gasteiger partial charge in [0.1, 0.15) is 0 Å². The van der Waals surface area contributed by atoms with Crippen molar-refractivity contribution in [3.63, 3.8) is 0 Å². The van der Waals surface area contributed by atoms with Crippen LogP contribution < -0.4 is 15.4 Å². The zero-order valence-electron chi connectivity index (χ0n) is 8.17. The molecular weight excluding hydrogens is 230 g/mol. The molecule has 3 heterocycles. The number of pyridine rings is 1. The van der Waals surface area contributed by atoms with Crippen molar-refractivity contribution in [1.82, 2.24) is 4.09 Å². The van der Waals surface area contributed by atoms with Gasteiger partial charge in [0.2, 0.25) is 5.43 Å². The number of aromatic nitrogens is 1. The van der Waals surface area contributed by atoms with E-state index in [0.717, 1.165) is 10.8 Å². The highest BCUT2D eigenvalue weighted by Crippen LogP contribution is 2.35.